The zero-order chi connectivity index (χ0) is 27.1. The van der Waals surface area contributed by atoms with Gasteiger partial charge < -0.3 is 29.2 Å². The van der Waals surface area contributed by atoms with E-state index in [-0.39, 0.29) is 17.9 Å². The molecule has 1 aromatic heterocycles. The number of carbonyl (C=O) groups is 2. The van der Waals surface area contributed by atoms with E-state index in [1.165, 1.54) is 7.11 Å². The highest BCUT2D eigenvalue weighted by Gasteiger charge is 2.51. The van der Waals surface area contributed by atoms with Crippen LogP contribution in [0.1, 0.15) is 60.3 Å². The minimum Gasteiger partial charge on any atom is -0.453 e. The number of ether oxygens (including phenoxy) is 1. The largest absolute Gasteiger partial charge is 0.494 e. The van der Waals surface area contributed by atoms with Crippen molar-refractivity contribution in [3.63, 3.8) is 0 Å². The van der Waals surface area contributed by atoms with E-state index in [2.05, 4.69) is 15.3 Å². The molecule has 4 rings (SSSR count). The molecular weight excluding hydrogens is 471 g/mol. The Hall–Kier alpha value is -3.11. The number of H-pyrrole nitrogens is 1. The average Bonchev–Trinajstić information content (AvgIpc) is 3.52. The Bertz CT molecular complexity index is 1170. The van der Waals surface area contributed by atoms with Crippen LogP contribution in [0.15, 0.2) is 42.1 Å². The van der Waals surface area contributed by atoms with Crippen LogP contribution in [0.2, 0.25) is 0 Å². The van der Waals surface area contributed by atoms with E-state index in [0.29, 0.717) is 12.4 Å². The number of hydrogen-bond donors (Lipinski definition) is 2. The topological polar surface area (TPSA) is 106 Å². The lowest BCUT2D eigenvalue weighted by molar-refractivity contribution is -0.135. The molecule has 2 amide bonds. The van der Waals surface area contributed by atoms with Gasteiger partial charge in [-0.15, -0.1) is 0 Å². The van der Waals surface area contributed by atoms with Crippen LogP contribution < -0.4 is 10.8 Å². The van der Waals surface area contributed by atoms with E-state index in [1.807, 2.05) is 78.8 Å². The fraction of sp³-hybridized carbons (Fsp3) is 0.519. The summed E-state index contributed by atoms with van der Waals surface area (Å²) in [6.45, 7) is 14.4. The maximum atomic E-state index is 13.5. The molecule has 37 heavy (non-hydrogen) atoms. The number of methoxy groups -OCH3 is 1. The maximum Gasteiger partial charge on any atom is 0.494 e. The van der Waals surface area contributed by atoms with E-state index in [4.69, 9.17) is 14.0 Å². The quantitative estimate of drug-likeness (QED) is 0.457. The molecule has 3 heterocycles. The van der Waals surface area contributed by atoms with Crippen molar-refractivity contribution < 1.29 is 23.6 Å². The van der Waals surface area contributed by atoms with Gasteiger partial charge in [0.15, 0.2) is 0 Å². The van der Waals surface area contributed by atoms with Gasteiger partial charge in [-0.1, -0.05) is 49.8 Å². The standard InChI is InChI=1S/C27H37BN4O5/c1-16(2)22(31-25(34)35-8)24(33)32-15-17(3)13-21(32)23-29-14-20(30-23)18-9-11-19(12-10-18)28-36-26(4,5)27(6,7)37-28/h9-14,16,21-22H,15H2,1-8H3,(H,29,30)(H,31,34). The molecule has 9 nitrogen and oxygen atoms in total. The molecule has 0 aliphatic carbocycles. The van der Waals surface area contributed by atoms with E-state index in [9.17, 15) is 9.59 Å². The minimum absolute atomic E-state index is 0.109. The highest BCUT2D eigenvalue weighted by molar-refractivity contribution is 6.62. The molecule has 198 valence electrons. The first kappa shape index (κ1) is 26.9. The minimum atomic E-state index is -0.703. The molecule has 2 atom stereocenters. The predicted octanol–water partition coefficient (Wildman–Crippen LogP) is 3.59. The lowest BCUT2D eigenvalue weighted by Crippen LogP contribution is -2.51. The monoisotopic (exact) mass is 508 g/mol. The van der Waals surface area contributed by atoms with Gasteiger partial charge in [0.25, 0.3) is 0 Å². The Morgan fingerprint density at radius 2 is 1.78 bits per heavy atom. The summed E-state index contributed by atoms with van der Waals surface area (Å²) in [7, 11) is 0.864. The molecule has 10 heteroatoms. The molecule has 2 aromatic rings. The molecule has 2 aliphatic rings. The number of carbonyl (C=O) groups excluding carboxylic acids is 2. The number of rotatable bonds is 6. The van der Waals surface area contributed by atoms with Crippen molar-refractivity contribution in [2.75, 3.05) is 13.7 Å². The van der Waals surface area contributed by atoms with Crippen molar-refractivity contribution in [3.05, 3.63) is 47.9 Å². The van der Waals surface area contributed by atoms with Crippen molar-refractivity contribution in [2.24, 2.45) is 5.92 Å². The number of benzene rings is 1. The second kappa shape index (κ2) is 9.98. The van der Waals surface area contributed by atoms with Gasteiger partial charge in [0, 0.05) is 6.54 Å². The number of alkyl carbamates (subject to hydrolysis) is 1. The second-order valence-electron chi connectivity index (χ2n) is 11.2. The molecule has 2 N–H and O–H groups in total. The summed E-state index contributed by atoms with van der Waals surface area (Å²) in [6, 6.07) is 6.95. The average molecular weight is 508 g/mol. The van der Waals surface area contributed by atoms with E-state index >= 15 is 0 Å². The van der Waals surface area contributed by atoms with Crippen molar-refractivity contribution in [1.29, 1.82) is 0 Å². The van der Waals surface area contributed by atoms with Crippen LogP contribution in [-0.2, 0) is 18.8 Å². The Balaban J connectivity index is 1.52. The van der Waals surface area contributed by atoms with E-state index in [1.54, 1.807) is 11.1 Å². The Morgan fingerprint density at radius 1 is 1.16 bits per heavy atom. The first-order chi connectivity index (χ1) is 17.3. The van der Waals surface area contributed by atoms with Crippen LogP contribution >= 0.6 is 0 Å². The Labute approximate surface area is 219 Å². The zero-order valence-corrected chi connectivity index (χ0v) is 22.9. The number of nitrogens with zero attached hydrogens (tertiary/aromatic N) is 2. The number of imidazole rings is 1. The van der Waals surface area contributed by atoms with Gasteiger partial charge in [0.05, 0.1) is 30.2 Å². The number of amides is 2. The lowest BCUT2D eigenvalue weighted by atomic mass is 9.79. The molecular formula is C27H37BN4O5. The maximum absolute atomic E-state index is 13.5. The van der Waals surface area contributed by atoms with Crippen LogP contribution in [-0.4, -0.2) is 64.9 Å². The normalized spacial score (nSPS) is 21.2. The lowest BCUT2D eigenvalue weighted by Gasteiger charge is -2.32. The zero-order valence-electron chi connectivity index (χ0n) is 22.9. The van der Waals surface area contributed by atoms with Crippen molar-refractivity contribution in [2.45, 2.75) is 71.8 Å². The molecule has 1 saturated heterocycles. The second-order valence-corrected chi connectivity index (χ2v) is 11.2. The van der Waals surface area contributed by atoms with Gasteiger partial charge in [0.2, 0.25) is 5.91 Å². The van der Waals surface area contributed by atoms with Gasteiger partial charge in [-0.3, -0.25) is 4.79 Å². The van der Waals surface area contributed by atoms with Crippen molar-refractivity contribution >= 4 is 24.6 Å². The number of hydrogen-bond acceptors (Lipinski definition) is 6. The first-order valence-electron chi connectivity index (χ1n) is 12.7. The number of nitrogens with one attached hydrogen (secondary N) is 2. The van der Waals surface area contributed by atoms with Crippen LogP contribution in [0.3, 0.4) is 0 Å². The highest BCUT2D eigenvalue weighted by Crippen LogP contribution is 2.36. The number of aromatic nitrogens is 2. The summed E-state index contributed by atoms with van der Waals surface area (Å²) < 4.78 is 17.0. The van der Waals surface area contributed by atoms with Crippen LogP contribution in [0.4, 0.5) is 4.79 Å². The SMILES string of the molecule is COC(=O)NC(C(=O)N1CC(C)=CC1c1ncc(-c2ccc(B3OC(C)(C)C(C)(C)O3)cc2)[nH]1)C(C)C. The third kappa shape index (κ3) is 5.31. The summed E-state index contributed by atoms with van der Waals surface area (Å²) >= 11 is 0. The molecule has 0 saturated carbocycles. The summed E-state index contributed by atoms with van der Waals surface area (Å²) in [5.74, 6) is 0.377. The fourth-order valence-corrected chi connectivity index (χ4v) is 4.53. The Kier molecular flexibility index (Phi) is 7.27. The van der Waals surface area contributed by atoms with Gasteiger partial charge in [-0.25, -0.2) is 9.78 Å². The van der Waals surface area contributed by atoms with Crippen LogP contribution in [0.25, 0.3) is 11.3 Å². The molecule has 1 aromatic carbocycles. The third-order valence-electron chi connectivity index (χ3n) is 7.50. The molecule has 2 unspecified atom stereocenters. The molecule has 0 radical (unpaired) electrons. The van der Waals surface area contributed by atoms with E-state index in [0.717, 1.165) is 22.3 Å². The summed E-state index contributed by atoms with van der Waals surface area (Å²) in [6.07, 6.45) is 3.17. The van der Waals surface area contributed by atoms with Gasteiger partial charge in [0.1, 0.15) is 17.9 Å². The van der Waals surface area contributed by atoms with Crippen molar-refractivity contribution in [3.8, 4) is 11.3 Å². The smallest absolute Gasteiger partial charge is 0.453 e. The van der Waals surface area contributed by atoms with Crippen LogP contribution in [0, 0.1) is 5.92 Å². The van der Waals surface area contributed by atoms with Gasteiger partial charge >= 0.3 is 13.2 Å². The van der Waals surface area contributed by atoms with E-state index < -0.39 is 30.5 Å². The fourth-order valence-electron chi connectivity index (χ4n) is 4.53. The molecule has 1 fully saturated rings. The van der Waals surface area contributed by atoms with Crippen LogP contribution in [0.5, 0.6) is 0 Å². The third-order valence-corrected chi connectivity index (χ3v) is 7.50. The molecule has 0 spiro atoms. The van der Waals surface area contributed by atoms with Gasteiger partial charge in [-0.05, 0) is 51.6 Å². The Morgan fingerprint density at radius 3 is 2.35 bits per heavy atom. The van der Waals surface area contributed by atoms with Gasteiger partial charge in [-0.2, -0.15) is 0 Å². The predicted molar refractivity (Wildman–Crippen MR) is 142 cm³/mol. The molecule has 2 aliphatic heterocycles. The summed E-state index contributed by atoms with van der Waals surface area (Å²) in [4.78, 5) is 35.0. The van der Waals surface area contributed by atoms with Crippen molar-refractivity contribution in [1.82, 2.24) is 20.2 Å². The number of aromatic amines is 1. The summed E-state index contributed by atoms with van der Waals surface area (Å²) in [5, 5.41) is 2.67. The highest BCUT2D eigenvalue weighted by atomic mass is 16.7. The molecule has 0 bridgehead atoms. The first-order valence-corrected chi connectivity index (χ1v) is 12.7. The summed E-state index contributed by atoms with van der Waals surface area (Å²) in [5.41, 5.74) is 3.02.